The van der Waals surface area contributed by atoms with Gasteiger partial charge in [0.15, 0.2) is 5.78 Å². The highest BCUT2D eigenvalue weighted by molar-refractivity contribution is 5.91. The van der Waals surface area contributed by atoms with Gasteiger partial charge in [-0.2, -0.15) is 0 Å². The van der Waals surface area contributed by atoms with Crippen molar-refractivity contribution in [2.45, 2.75) is 19.4 Å². The zero-order chi connectivity index (χ0) is 7.56. The first kappa shape index (κ1) is 7.48. The largest absolute Gasteiger partial charge is 0.378 e. The number of carbonyl (C=O) groups excluding carboxylic acids is 1. The van der Waals surface area contributed by atoms with Crippen LogP contribution in [0.4, 0.5) is 0 Å². The maximum absolute atomic E-state index is 11.0. The van der Waals surface area contributed by atoms with E-state index in [1.54, 1.807) is 0 Å². The van der Waals surface area contributed by atoms with Gasteiger partial charge < -0.3 is 4.74 Å². The van der Waals surface area contributed by atoms with Crippen LogP contribution in [-0.2, 0) is 9.53 Å². The van der Waals surface area contributed by atoms with Crippen LogP contribution in [0.15, 0.2) is 12.7 Å². The molecular weight excluding hydrogens is 128 g/mol. The third-order valence-electron chi connectivity index (χ3n) is 1.80. The highest BCUT2D eigenvalue weighted by Gasteiger charge is 2.25. The highest BCUT2D eigenvalue weighted by atomic mass is 16.5. The van der Waals surface area contributed by atoms with Gasteiger partial charge in [-0.1, -0.05) is 6.58 Å². The van der Waals surface area contributed by atoms with Crippen molar-refractivity contribution in [3.8, 4) is 0 Å². The first-order chi connectivity index (χ1) is 4.74. The molecule has 0 spiro atoms. The Hall–Kier alpha value is -0.630. The van der Waals surface area contributed by atoms with E-state index in [0.29, 0.717) is 6.61 Å². The van der Waals surface area contributed by atoms with Gasteiger partial charge in [0.25, 0.3) is 0 Å². The Kier molecular flexibility index (Phi) is 2.22. The molecule has 0 radical (unpaired) electrons. The quantitative estimate of drug-likeness (QED) is 0.538. The molecule has 2 unspecified atom stereocenters. The number of rotatable bonds is 2. The van der Waals surface area contributed by atoms with Gasteiger partial charge in [0.05, 0.1) is 12.7 Å². The number of ether oxygens (including phenoxy) is 1. The lowest BCUT2D eigenvalue weighted by Gasteiger charge is -1.99. The smallest absolute Gasteiger partial charge is 0.160 e. The van der Waals surface area contributed by atoms with Crippen LogP contribution in [0.3, 0.4) is 0 Å². The predicted octanol–water partition coefficient (Wildman–Crippen LogP) is 1.17. The first-order valence-electron chi connectivity index (χ1n) is 3.52. The molecule has 0 aliphatic carbocycles. The van der Waals surface area contributed by atoms with Crippen molar-refractivity contribution < 1.29 is 9.53 Å². The van der Waals surface area contributed by atoms with Gasteiger partial charge in [-0.15, -0.1) is 0 Å². The van der Waals surface area contributed by atoms with Gasteiger partial charge in [0.1, 0.15) is 0 Å². The highest BCUT2D eigenvalue weighted by Crippen LogP contribution is 2.19. The summed E-state index contributed by atoms with van der Waals surface area (Å²) in [4.78, 5) is 11.0. The molecule has 2 atom stereocenters. The van der Waals surface area contributed by atoms with E-state index in [-0.39, 0.29) is 17.8 Å². The first-order valence-corrected chi connectivity index (χ1v) is 3.52. The summed E-state index contributed by atoms with van der Waals surface area (Å²) in [6.07, 6.45) is 2.48. The summed E-state index contributed by atoms with van der Waals surface area (Å²) < 4.78 is 5.22. The van der Waals surface area contributed by atoms with E-state index in [4.69, 9.17) is 4.74 Å². The Morgan fingerprint density at radius 3 is 2.90 bits per heavy atom. The standard InChI is InChI=1S/C8H12O2/c1-3-8(9)7-4-6(2)10-5-7/h3,6-7H,1,4-5H2,2H3. The number of hydrogen-bond acceptors (Lipinski definition) is 2. The summed E-state index contributed by atoms with van der Waals surface area (Å²) in [6.45, 7) is 5.98. The summed E-state index contributed by atoms with van der Waals surface area (Å²) >= 11 is 0. The van der Waals surface area contributed by atoms with E-state index in [9.17, 15) is 4.79 Å². The van der Waals surface area contributed by atoms with E-state index in [0.717, 1.165) is 6.42 Å². The monoisotopic (exact) mass is 140 g/mol. The Bertz CT molecular complexity index is 151. The van der Waals surface area contributed by atoms with Gasteiger partial charge in [-0.3, -0.25) is 4.79 Å². The minimum atomic E-state index is 0.0764. The SMILES string of the molecule is C=CC(=O)C1COC(C)C1. The minimum absolute atomic E-state index is 0.0764. The van der Waals surface area contributed by atoms with E-state index in [2.05, 4.69) is 6.58 Å². The van der Waals surface area contributed by atoms with Gasteiger partial charge >= 0.3 is 0 Å². The molecule has 10 heavy (non-hydrogen) atoms. The molecule has 0 aromatic rings. The number of ketones is 1. The van der Waals surface area contributed by atoms with Crippen LogP contribution in [0.25, 0.3) is 0 Å². The van der Waals surface area contributed by atoms with Gasteiger partial charge in [-0.05, 0) is 19.4 Å². The van der Waals surface area contributed by atoms with Crippen molar-refractivity contribution in [2.75, 3.05) is 6.61 Å². The Balaban J connectivity index is 2.44. The Labute approximate surface area is 60.9 Å². The van der Waals surface area contributed by atoms with E-state index in [1.807, 2.05) is 6.92 Å². The lowest BCUT2D eigenvalue weighted by molar-refractivity contribution is -0.118. The lowest BCUT2D eigenvalue weighted by Crippen LogP contribution is -2.10. The third-order valence-corrected chi connectivity index (χ3v) is 1.80. The van der Waals surface area contributed by atoms with Crippen LogP contribution >= 0.6 is 0 Å². The van der Waals surface area contributed by atoms with Crippen LogP contribution in [-0.4, -0.2) is 18.5 Å². The number of allylic oxidation sites excluding steroid dienone is 1. The summed E-state index contributed by atoms with van der Waals surface area (Å²) in [7, 11) is 0. The van der Waals surface area contributed by atoms with Gasteiger partial charge in [0, 0.05) is 5.92 Å². The molecule has 1 heterocycles. The molecule has 0 amide bonds. The molecule has 1 fully saturated rings. The molecule has 1 aliphatic heterocycles. The maximum Gasteiger partial charge on any atom is 0.160 e. The van der Waals surface area contributed by atoms with Crippen molar-refractivity contribution >= 4 is 5.78 Å². The third kappa shape index (κ3) is 1.45. The molecule has 0 aromatic heterocycles. The molecule has 0 aromatic carbocycles. The molecule has 2 heteroatoms. The molecule has 1 aliphatic rings. The fraction of sp³-hybridized carbons (Fsp3) is 0.625. The zero-order valence-corrected chi connectivity index (χ0v) is 6.17. The van der Waals surface area contributed by atoms with Crippen LogP contribution in [0.2, 0.25) is 0 Å². The average Bonchev–Trinajstić information content (AvgIpc) is 2.34. The molecule has 1 saturated heterocycles. The average molecular weight is 140 g/mol. The van der Waals surface area contributed by atoms with Crippen molar-refractivity contribution in [2.24, 2.45) is 5.92 Å². The number of hydrogen-bond donors (Lipinski definition) is 0. The normalized spacial score (nSPS) is 32.1. The van der Waals surface area contributed by atoms with Gasteiger partial charge in [-0.25, -0.2) is 0 Å². The molecule has 0 saturated carbocycles. The predicted molar refractivity (Wildman–Crippen MR) is 38.7 cm³/mol. The topological polar surface area (TPSA) is 26.3 Å². The van der Waals surface area contributed by atoms with Crippen molar-refractivity contribution in [1.29, 1.82) is 0 Å². The van der Waals surface area contributed by atoms with Gasteiger partial charge in [0.2, 0.25) is 0 Å². The summed E-state index contributed by atoms with van der Waals surface area (Å²) in [5.41, 5.74) is 0. The van der Waals surface area contributed by atoms with Crippen LogP contribution < -0.4 is 0 Å². The van der Waals surface area contributed by atoms with Crippen LogP contribution in [0, 0.1) is 5.92 Å². The lowest BCUT2D eigenvalue weighted by atomic mass is 10.0. The Morgan fingerprint density at radius 2 is 2.50 bits per heavy atom. The molecule has 2 nitrogen and oxygen atoms in total. The van der Waals surface area contributed by atoms with E-state index < -0.39 is 0 Å². The summed E-state index contributed by atoms with van der Waals surface area (Å²) in [5, 5.41) is 0. The van der Waals surface area contributed by atoms with Crippen LogP contribution in [0.5, 0.6) is 0 Å². The molecule has 0 bridgehead atoms. The second-order valence-corrected chi connectivity index (χ2v) is 2.68. The van der Waals surface area contributed by atoms with E-state index in [1.165, 1.54) is 6.08 Å². The van der Waals surface area contributed by atoms with Crippen LogP contribution in [0.1, 0.15) is 13.3 Å². The second-order valence-electron chi connectivity index (χ2n) is 2.68. The molecule has 56 valence electrons. The number of carbonyl (C=O) groups is 1. The van der Waals surface area contributed by atoms with Crippen molar-refractivity contribution in [1.82, 2.24) is 0 Å². The zero-order valence-electron chi connectivity index (χ0n) is 6.17. The summed E-state index contributed by atoms with van der Waals surface area (Å²) in [5.74, 6) is 0.192. The summed E-state index contributed by atoms with van der Waals surface area (Å²) in [6, 6.07) is 0. The Morgan fingerprint density at radius 1 is 1.80 bits per heavy atom. The fourth-order valence-electron chi connectivity index (χ4n) is 1.18. The van der Waals surface area contributed by atoms with Crippen molar-refractivity contribution in [3.05, 3.63) is 12.7 Å². The fourth-order valence-corrected chi connectivity index (χ4v) is 1.18. The minimum Gasteiger partial charge on any atom is -0.378 e. The van der Waals surface area contributed by atoms with E-state index >= 15 is 0 Å². The maximum atomic E-state index is 11.0. The molecule has 0 N–H and O–H groups in total. The molecular formula is C8H12O2. The van der Waals surface area contributed by atoms with Crippen molar-refractivity contribution in [3.63, 3.8) is 0 Å². The molecule has 1 rings (SSSR count). The second kappa shape index (κ2) is 2.97.